The SMILES string of the molecule is COc1cc(/C(O)=C2/C(=O)C(=O)N(C3CCN(Cc4ccccc4)CC3)C2c2ccco2)ccc1Cl. The van der Waals surface area contributed by atoms with Crippen LogP contribution >= 0.6 is 11.6 Å². The lowest BCUT2D eigenvalue weighted by Crippen LogP contribution is -2.46. The summed E-state index contributed by atoms with van der Waals surface area (Å²) in [6.45, 7) is 2.43. The summed E-state index contributed by atoms with van der Waals surface area (Å²) < 4.78 is 10.9. The van der Waals surface area contributed by atoms with E-state index in [1.54, 1.807) is 35.2 Å². The van der Waals surface area contributed by atoms with Crippen molar-refractivity contribution in [1.82, 2.24) is 9.80 Å². The molecule has 186 valence electrons. The van der Waals surface area contributed by atoms with Gasteiger partial charge in [-0.2, -0.15) is 0 Å². The lowest BCUT2D eigenvalue weighted by Gasteiger charge is -2.38. The molecule has 1 aromatic heterocycles. The molecule has 5 rings (SSSR count). The third-order valence-corrected chi connectivity index (χ3v) is 7.23. The molecule has 1 N–H and O–H groups in total. The van der Waals surface area contributed by atoms with Crippen LogP contribution < -0.4 is 4.74 Å². The standard InChI is InChI=1S/C28H27ClN2O5/c1-35-23-16-19(9-10-21(23)29)26(32)24-25(22-8-5-15-36-22)31(28(34)27(24)33)20-11-13-30(14-12-20)17-18-6-3-2-4-7-18/h2-10,15-16,20,25,32H,11-14,17H2,1H3/b26-24-. The number of carbonyl (C=O) groups is 2. The molecule has 2 saturated heterocycles. The molecule has 3 aromatic rings. The molecule has 0 aliphatic carbocycles. The zero-order chi connectivity index (χ0) is 25.2. The second kappa shape index (κ2) is 10.2. The molecule has 2 fully saturated rings. The molecule has 3 heterocycles. The fraction of sp³-hybridized carbons (Fsp3) is 0.286. The van der Waals surface area contributed by atoms with E-state index in [0.29, 0.717) is 34.9 Å². The van der Waals surface area contributed by atoms with Gasteiger partial charge in [-0.3, -0.25) is 14.5 Å². The number of nitrogens with zero attached hydrogens (tertiary/aromatic N) is 2. The Morgan fingerprint density at radius 3 is 2.50 bits per heavy atom. The molecule has 2 aromatic carbocycles. The maximum Gasteiger partial charge on any atom is 0.296 e. The van der Waals surface area contributed by atoms with Gasteiger partial charge in [-0.15, -0.1) is 0 Å². The summed E-state index contributed by atoms with van der Waals surface area (Å²) in [4.78, 5) is 30.6. The number of aliphatic hydroxyl groups excluding tert-OH is 1. The predicted molar refractivity (Wildman–Crippen MR) is 136 cm³/mol. The number of rotatable bonds is 6. The average Bonchev–Trinajstić information content (AvgIpc) is 3.52. The van der Waals surface area contributed by atoms with Crippen LogP contribution in [0.4, 0.5) is 0 Å². The Balaban J connectivity index is 1.45. The van der Waals surface area contributed by atoms with Gasteiger partial charge < -0.3 is 19.2 Å². The monoisotopic (exact) mass is 506 g/mol. The van der Waals surface area contributed by atoms with Crippen LogP contribution in [0.25, 0.3) is 5.76 Å². The van der Waals surface area contributed by atoms with E-state index in [-0.39, 0.29) is 17.4 Å². The number of hydrogen-bond acceptors (Lipinski definition) is 6. The van der Waals surface area contributed by atoms with Crippen LogP contribution in [0.1, 0.15) is 35.8 Å². The molecule has 2 aliphatic rings. The summed E-state index contributed by atoms with van der Waals surface area (Å²) in [6.07, 6.45) is 2.93. The topological polar surface area (TPSA) is 83.2 Å². The Morgan fingerprint density at radius 1 is 1.08 bits per heavy atom. The number of furan rings is 1. The van der Waals surface area contributed by atoms with Gasteiger partial charge in [0.1, 0.15) is 23.3 Å². The Kier molecular flexibility index (Phi) is 6.85. The van der Waals surface area contributed by atoms with E-state index in [1.807, 2.05) is 18.2 Å². The maximum absolute atomic E-state index is 13.3. The van der Waals surface area contributed by atoms with E-state index in [9.17, 15) is 14.7 Å². The average molecular weight is 507 g/mol. The molecular formula is C28H27ClN2O5. The molecule has 36 heavy (non-hydrogen) atoms. The molecule has 1 unspecified atom stereocenters. The van der Waals surface area contributed by atoms with Crippen LogP contribution in [-0.2, 0) is 16.1 Å². The van der Waals surface area contributed by atoms with Gasteiger partial charge in [0.05, 0.1) is 24.0 Å². The van der Waals surface area contributed by atoms with Crippen LogP contribution in [0.5, 0.6) is 5.75 Å². The van der Waals surface area contributed by atoms with Gasteiger partial charge in [0.25, 0.3) is 11.7 Å². The van der Waals surface area contributed by atoms with E-state index < -0.39 is 17.7 Å². The van der Waals surface area contributed by atoms with Gasteiger partial charge in [-0.05, 0) is 48.7 Å². The Hall–Kier alpha value is -3.55. The summed E-state index contributed by atoms with van der Waals surface area (Å²) in [7, 11) is 1.47. The molecular weight excluding hydrogens is 480 g/mol. The third-order valence-electron chi connectivity index (χ3n) is 6.92. The minimum atomic E-state index is -0.813. The summed E-state index contributed by atoms with van der Waals surface area (Å²) in [5.41, 5.74) is 1.58. The summed E-state index contributed by atoms with van der Waals surface area (Å²) >= 11 is 6.14. The normalized spacial score (nSPS) is 20.7. The van der Waals surface area contributed by atoms with E-state index in [0.717, 1.165) is 19.6 Å². The number of aliphatic hydroxyl groups is 1. The fourth-order valence-electron chi connectivity index (χ4n) is 5.11. The van der Waals surface area contributed by atoms with Crippen molar-refractivity contribution in [2.24, 2.45) is 0 Å². The zero-order valence-corrected chi connectivity index (χ0v) is 20.6. The minimum absolute atomic E-state index is 0.00559. The van der Waals surface area contributed by atoms with E-state index in [4.69, 9.17) is 20.8 Å². The molecule has 2 aliphatic heterocycles. The second-order valence-electron chi connectivity index (χ2n) is 9.06. The number of hydrogen-bond donors (Lipinski definition) is 1. The molecule has 8 heteroatoms. The molecule has 0 bridgehead atoms. The number of carbonyl (C=O) groups excluding carboxylic acids is 2. The van der Waals surface area contributed by atoms with Crippen molar-refractivity contribution < 1.29 is 23.8 Å². The molecule has 0 spiro atoms. The number of halogens is 1. The number of ether oxygens (including phenoxy) is 1. The summed E-state index contributed by atoms with van der Waals surface area (Å²) in [5.74, 6) is -0.845. The quantitative estimate of drug-likeness (QED) is 0.287. The third kappa shape index (κ3) is 4.52. The summed E-state index contributed by atoms with van der Waals surface area (Å²) in [6, 6.07) is 17.5. The van der Waals surface area contributed by atoms with Crippen LogP contribution in [0.15, 0.2) is 76.9 Å². The zero-order valence-electron chi connectivity index (χ0n) is 19.9. The van der Waals surface area contributed by atoms with Crippen LogP contribution in [-0.4, -0.2) is 52.8 Å². The number of methoxy groups -OCH3 is 1. The Morgan fingerprint density at radius 2 is 1.83 bits per heavy atom. The van der Waals surface area contributed by atoms with Crippen LogP contribution in [0, 0.1) is 0 Å². The highest BCUT2D eigenvalue weighted by Gasteiger charge is 2.50. The Bertz CT molecular complexity index is 1280. The van der Waals surface area contributed by atoms with Gasteiger partial charge in [0.15, 0.2) is 0 Å². The highest BCUT2D eigenvalue weighted by Crippen LogP contribution is 2.43. The van der Waals surface area contributed by atoms with Crippen molar-refractivity contribution in [3.63, 3.8) is 0 Å². The van der Waals surface area contributed by atoms with Gasteiger partial charge in [0.2, 0.25) is 0 Å². The highest BCUT2D eigenvalue weighted by molar-refractivity contribution is 6.46. The molecule has 0 saturated carbocycles. The van der Waals surface area contributed by atoms with E-state index in [2.05, 4.69) is 17.0 Å². The number of benzene rings is 2. The number of piperidine rings is 1. The number of likely N-dealkylation sites (tertiary alicyclic amines) is 2. The lowest BCUT2D eigenvalue weighted by atomic mass is 9.97. The predicted octanol–water partition coefficient (Wildman–Crippen LogP) is 5.03. The van der Waals surface area contributed by atoms with E-state index in [1.165, 1.54) is 18.9 Å². The van der Waals surface area contributed by atoms with Gasteiger partial charge in [-0.25, -0.2) is 0 Å². The minimum Gasteiger partial charge on any atom is -0.507 e. The van der Waals surface area contributed by atoms with Gasteiger partial charge in [-0.1, -0.05) is 41.9 Å². The van der Waals surface area contributed by atoms with Gasteiger partial charge in [0, 0.05) is 31.2 Å². The van der Waals surface area contributed by atoms with Crippen LogP contribution in [0.3, 0.4) is 0 Å². The maximum atomic E-state index is 13.3. The molecule has 1 atom stereocenters. The fourth-order valence-corrected chi connectivity index (χ4v) is 5.31. The molecule has 0 radical (unpaired) electrons. The molecule has 7 nitrogen and oxygen atoms in total. The first-order valence-electron chi connectivity index (χ1n) is 11.9. The van der Waals surface area contributed by atoms with E-state index >= 15 is 0 Å². The van der Waals surface area contributed by atoms with Crippen molar-refractivity contribution >= 4 is 29.1 Å². The first kappa shape index (κ1) is 24.2. The molecule has 1 amide bonds. The van der Waals surface area contributed by atoms with Crippen molar-refractivity contribution in [2.75, 3.05) is 20.2 Å². The largest absolute Gasteiger partial charge is 0.507 e. The first-order chi connectivity index (χ1) is 17.5. The highest BCUT2D eigenvalue weighted by atomic mass is 35.5. The van der Waals surface area contributed by atoms with Crippen molar-refractivity contribution in [2.45, 2.75) is 31.5 Å². The number of ketones is 1. The second-order valence-corrected chi connectivity index (χ2v) is 9.47. The van der Waals surface area contributed by atoms with Crippen molar-refractivity contribution in [3.8, 4) is 5.75 Å². The summed E-state index contributed by atoms with van der Waals surface area (Å²) in [5, 5.41) is 11.6. The van der Waals surface area contributed by atoms with Crippen molar-refractivity contribution in [1.29, 1.82) is 0 Å². The first-order valence-corrected chi connectivity index (χ1v) is 12.3. The smallest absolute Gasteiger partial charge is 0.296 e. The van der Waals surface area contributed by atoms with Gasteiger partial charge >= 0.3 is 0 Å². The Labute approximate surface area is 214 Å². The lowest BCUT2D eigenvalue weighted by molar-refractivity contribution is -0.142. The van der Waals surface area contributed by atoms with Crippen LogP contribution in [0.2, 0.25) is 5.02 Å². The number of amides is 1. The van der Waals surface area contributed by atoms with Crippen molar-refractivity contribution in [3.05, 3.63) is 94.4 Å². The number of Topliss-reactive ketones (excluding diaryl/α,β-unsaturated/α-hetero) is 1.